The van der Waals surface area contributed by atoms with Crippen molar-refractivity contribution in [2.75, 3.05) is 13.2 Å². The van der Waals surface area contributed by atoms with E-state index in [9.17, 15) is 9.90 Å². The molecule has 0 aromatic heterocycles. The van der Waals surface area contributed by atoms with E-state index in [0.717, 1.165) is 50.8 Å². The number of aliphatic hydroxyl groups excluding tert-OH is 1. The summed E-state index contributed by atoms with van der Waals surface area (Å²) in [6.07, 6.45) is 5.16. The van der Waals surface area contributed by atoms with Gasteiger partial charge in [-0.3, -0.25) is 0 Å². The van der Waals surface area contributed by atoms with E-state index in [0.29, 0.717) is 6.61 Å². The Morgan fingerprint density at radius 2 is 1.92 bits per heavy atom. The first-order valence-electron chi connectivity index (χ1n) is 9.15. The molecule has 2 aliphatic rings. The average molecular weight is 332 g/mol. The summed E-state index contributed by atoms with van der Waals surface area (Å²) in [4.78, 5) is 14.6. The number of hydrogen-bond acceptors (Lipinski definition) is 3. The molecule has 1 heterocycles. The molecule has 0 bridgehead atoms. The first-order chi connectivity index (χ1) is 11.7. The van der Waals surface area contributed by atoms with E-state index in [1.54, 1.807) is 0 Å². The molecule has 2 amide bonds. The Bertz CT molecular complexity index is 538. The van der Waals surface area contributed by atoms with Crippen LogP contribution in [0.3, 0.4) is 0 Å². The molecule has 0 spiro atoms. The summed E-state index contributed by atoms with van der Waals surface area (Å²) in [7, 11) is 0. The number of nitrogens with zero attached hydrogens (tertiary/aromatic N) is 1. The molecule has 0 radical (unpaired) electrons. The van der Waals surface area contributed by atoms with Gasteiger partial charge >= 0.3 is 6.03 Å². The minimum Gasteiger partial charge on any atom is -0.494 e. The van der Waals surface area contributed by atoms with Crippen molar-refractivity contribution < 1.29 is 14.6 Å². The van der Waals surface area contributed by atoms with Gasteiger partial charge < -0.3 is 20.1 Å². The summed E-state index contributed by atoms with van der Waals surface area (Å²) in [6, 6.07) is 8.48. The number of urea groups is 1. The maximum Gasteiger partial charge on any atom is 0.318 e. The first-order valence-corrected chi connectivity index (χ1v) is 9.15. The molecule has 1 saturated carbocycles. The van der Waals surface area contributed by atoms with E-state index >= 15 is 0 Å². The van der Waals surface area contributed by atoms with E-state index in [-0.39, 0.29) is 24.2 Å². The van der Waals surface area contributed by atoms with Gasteiger partial charge in [-0.15, -0.1) is 0 Å². The highest BCUT2D eigenvalue weighted by Gasteiger charge is 2.31. The molecule has 5 heteroatoms. The fourth-order valence-electron chi connectivity index (χ4n) is 3.79. The van der Waals surface area contributed by atoms with Crippen LogP contribution in [0.15, 0.2) is 24.3 Å². The molecule has 1 aromatic carbocycles. The molecule has 1 aliphatic heterocycles. The Morgan fingerprint density at radius 3 is 2.58 bits per heavy atom. The van der Waals surface area contributed by atoms with Crippen molar-refractivity contribution in [3.05, 3.63) is 29.8 Å². The van der Waals surface area contributed by atoms with Crippen molar-refractivity contribution in [2.24, 2.45) is 0 Å². The Morgan fingerprint density at radius 1 is 1.21 bits per heavy atom. The van der Waals surface area contributed by atoms with E-state index in [4.69, 9.17) is 4.74 Å². The summed E-state index contributed by atoms with van der Waals surface area (Å²) in [5, 5.41) is 12.8. The number of aliphatic hydroxyl groups is 1. The van der Waals surface area contributed by atoms with Crippen molar-refractivity contribution in [3.63, 3.8) is 0 Å². The molecule has 24 heavy (non-hydrogen) atoms. The summed E-state index contributed by atoms with van der Waals surface area (Å²) >= 11 is 0. The second kappa shape index (κ2) is 7.88. The van der Waals surface area contributed by atoms with Crippen LogP contribution < -0.4 is 10.1 Å². The number of rotatable bonds is 4. The summed E-state index contributed by atoms with van der Waals surface area (Å²) in [6.45, 7) is 3.44. The van der Waals surface area contributed by atoms with Gasteiger partial charge in [0, 0.05) is 12.6 Å². The number of nitrogens with one attached hydrogen (secondary N) is 1. The molecular weight excluding hydrogens is 304 g/mol. The highest BCUT2D eigenvalue weighted by molar-refractivity contribution is 5.75. The molecule has 5 nitrogen and oxygen atoms in total. The lowest BCUT2D eigenvalue weighted by Gasteiger charge is -2.31. The lowest BCUT2D eigenvalue weighted by atomic mass is 9.93. The SMILES string of the molecule is CCOc1ccc(C2CCCN2C(=O)NC2CCC(O)CC2)cc1. The number of amides is 2. The third-order valence-corrected chi connectivity index (χ3v) is 5.11. The average Bonchev–Trinajstić information content (AvgIpc) is 3.08. The van der Waals surface area contributed by atoms with Gasteiger partial charge in [0.05, 0.1) is 18.8 Å². The fraction of sp³-hybridized carbons (Fsp3) is 0.632. The predicted octanol–water partition coefficient (Wildman–Crippen LogP) is 3.24. The monoisotopic (exact) mass is 332 g/mol. The van der Waals surface area contributed by atoms with Crippen LogP contribution in [0.4, 0.5) is 4.79 Å². The van der Waals surface area contributed by atoms with Gasteiger partial charge in [0.1, 0.15) is 5.75 Å². The zero-order valence-corrected chi connectivity index (χ0v) is 14.4. The Labute approximate surface area is 144 Å². The number of ether oxygens (including phenoxy) is 1. The third-order valence-electron chi connectivity index (χ3n) is 5.11. The normalized spacial score (nSPS) is 27.1. The van der Waals surface area contributed by atoms with Crippen LogP contribution >= 0.6 is 0 Å². The predicted molar refractivity (Wildman–Crippen MR) is 93.1 cm³/mol. The second-order valence-corrected chi connectivity index (χ2v) is 6.81. The maximum absolute atomic E-state index is 12.7. The minimum atomic E-state index is -0.193. The summed E-state index contributed by atoms with van der Waals surface area (Å²) in [5.41, 5.74) is 1.17. The smallest absolute Gasteiger partial charge is 0.318 e. The lowest BCUT2D eigenvalue weighted by molar-refractivity contribution is 0.114. The van der Waals surface area contributed by atoms with Crippen LogP contribution in [-0.2, 0) is 0 Å². The number of carbonyl (C=O) groups is 1. The van der Waals surface area contributed by atoms with Crippen LogP contribution in [0.25, 0.3) is 0 Å². The summed E-state index contributed by atoms with van der Waals surface area (Å²) < 4.78 is 5.49. The van der Waals surface area contributed by atoms with Crippen molar-refractivity contribution in [3.8, 4) is 5.75 Å². The van der Waals surface area contributed by atoms with E-state index in [2.05, 4.69) is 17.4 Å². The van der Waals surface area contributed by atoms with Crippen molar-refractivity contribution in [1.82, 2.24) is 10.2 Å². The second-order valence-electron chi connectivity index (χ2n) is 6.81. The minimum absolute atomic E-state index is 0.0350. The topological polar surface area (TPSA) is 61.8 Å². The number of carbonyl (C=O) groups excluding carboxylic acids is 1. The quantitative estimate of drug-likeness (QED) is 0.890. The molecule has 132 valence electrons. The highest BCUT2D eigenvalue weighted by Crippen LogP contribution is 2.33. The molecule has 1 unspecified atom stereocenters. The molecule has 1 aromatic rings. The van der Waals surface area contributed by atoms with Crippen molar-refractivity contribution in [1.29, 1.82) is 0 Å². The van der Waals surface area contributed by atoms with E-state index < -0.39 is 0 Å². The van der Waals surface area contributed by atoms with Crippen LogP contribution in [0.5, 0.6) is 5.75 Å². The molecule has 1 atom stereocenters. The zero-order valence-electron chi connectivity index (χ0n) is 14.4. The van der Waals surface area contributed by atoms with Gasteiger partial charge in [0.15, 0.2) is 0 Å². The van der Waals surface area contributed by atoms with Gasteiger partial charge in [-0.2, -0.15) is 0 Å². The van der Waals surface area contributed by atoms with Gasteiger partial charge in [-0.25, -0.2) is 4.79 Å². The Balaban J connectivity index is 1.61. The van der Waals surface area contributed by atoms with Crippen molar-refractivity contribution in [2.45, 2.75) is 63.6 Å². The van der Waals surface area contributed by atoms with Crippen LogP contribution in [0.1, 0.15) is 57.1 Å². The number of benzene rings is 1. The van der Waals surface area contributed by atoms with Gasteiger partial charge in [-0.1, -0.05) is 12.1 Å². The van der Waals surface area contributed by atoms with Gasteiger partial charge in [0.25, 0.3) is 0 Å². The molecule has 1 saturated heterocycles. The van der Waals surface area contributed by atoms with Gasteiger partial charge in [0.2, 0.25) is 0 Å². The molecule has 2 N–H and O–H groups in total. The highest BCUT2D eigenvalue weighted by atomic mass is 16.5. The standard InChI is InChI=1S/C19H28N2O3/c1-2-24-17-11-5-14(6-12-17)18-4-3-13-21(18)19(23)20-15-7-9-16(22)10-8-15/h5-6,11-12,15-16,18,22H,2-4,7-10,13H2,1H3,(H,20,23). The largest absolute Gasteiger partial charge is 0.494 e. The van der Waals surface area contributed by atoms with Gasteiger partial charge in [-0.05, 0) is 63.1 Å². The molecule has 2 fully saturated rings. The summed E-state index contributed by atoms with van der Waals surface area (Å²) in [5.74, 6) is 0.871. The fourth-order valence-corrected chi connectivity index (χ4v) is 3.79. The Kier molecular flexibility index (Phi) is 5.61. The molecule has 1 aliphatic carbocycles. The van der Waals surface area contributed by atoms with Crippen LogP contribution in [0.2, 0.25) is 0 Å². The van der Waals surface area contributed by atoms with E-state index in [1.807, 2.05) is 24.0 Å². The molecular formula is C19H28N2O3. The lowest BCUT2D eigenvalue weighted by Crippen LogP contribution is -2.46. The van der Waals surface area contributed by atoms with Crippen molar-refractivity contribution >= 4 is 6.03 Å². The first kappa shape index (κ1) is 17.1. The Hall–Kier alpha value is -1.75. The van der Waals surface area contributed by atoms with Crippen LogP contribution in [-0.4, -0.2) is 41.3 Å². The van der Waals surface area contributed by atoms with Crippen LogP contribution in [0, 0.1) is 0 Å². The molecule has 3 rings (SSSR count). The third kappa shape index (κ3) is 4.01. The maximum atomic E-state index is 12.7. The van der Waals surface area contributed by atoms with E-state index in [1.165, 1.54) is 5.56 Å². The zero-order chi connectivity index (χ0) is 16.9. The number of hydrogen-bond donors (Lipinski definition) is 2. The number of likely N-dealkylation sites (tertiary alicyclic amines) is 1.